The fourth-order valence-electron chi connectivity index (χ4n) is 4.10. The van der Waals surface area contributed by atoms with E-state index in [1.165, 1.54) is 0 Å². The summed E-state index contributed by atoms with van der Waals surface area (Å²) in [7, 11) is 1.70. The fourth-order valence-corrected chi connectivity index (χ4v) is 5.10. The molecule has 1 saturated heterocycles. The number of fused-ring (bicyclic) bond motifs is 2. The van der Waals surface area contributed by atoms with Crippen molar-refractivity contribution in [2.75, 3.05) is 13.6 Å². The Labute approximate surface area is 168 Å². The highest BCUT2D eigenvalue weighted by Crippen LogP contribution is 2.42. The molecule has 146 valence electrons. The third kappa shape index (κ3) is 2.90. The number of thiophene rings is 1. The number of rotatable bonds is 4. The van der Waals surface area contributed by atoms with Crippen molar-refractivity contribution in [3.05, 3.63) is 57.8 Å². The average Bonchev–Trinajstić information content (AvgIpc) is 3.28. The number of imide groups is 1. The van der Waals surface area contributed by atoms with Gasteiger partial charge < -0.3 is 10.2 Å². The molecule has 2 aliphatic rings. The summed E-state index contributed by atoms with van der Waals surface area (Å²) in [6.07, 6.45) is 2.34. The molecule has 1 aliphatic carbocycles. The molecule has 7 heteroatoms. The van der Waals surface area contributed by atoms with E-state index in [0.29, 0.717) is 6.42 Å². The molecule has 1 aromatic heterocycles. The third-order valence-corrected chi connectivity index (χ3v) is 6.87. The van der Waals surface area contributed by atoms with Crippen LogP contribution in [0.15, 0.2) is 41.8 Å². The molecule has 0 saturated carbocycles. The number of aryl methyl sites for hydroxylation is 1. The first kappa shape index (κ1) is 18.7. The average molecular weight is 398 g/mol. The van der Waals surface area contributed by atoms with Crippen LogP contribution in [0.25, 0.3) is 0 Å². The molecule has 2 atom stereocenters. The lowest BCUT2D eigenvalue weighted by Crippen LogP contribution is -2.47. The van der Waals surface area contributed by atoms with Crippen molar-refractivity contribution < 1.29 is 14.4 Å². The number of likely N-dealkylation sites (N-methyl/N-ethyl adjacent to an activating group) is 1. The second kappa shape index (κ2) is 7.05. The summed E-state index contributed by atoms with van der Waals surface area (Å²) >= 11 is 1.61. The number of urea groups is 1. The summed E-state index contributed by atoms with van der Waals surface area (Å²) in [4.78, 5) is 42.5. The van der Waals surface area contributed by atoms with E-state index in [1.54, 1.807) is 23.3 Å². The maximum Gasteiger partial charge on any atom is 0.325 e. The van der Waals surface area contributed by atoms with E-state index in [0.717, 1.165) is 33.7 Å². The van der Waals surface area contributed by atoms with Gasteiger partial charge in [-0.1, -0.05) is 30.3 Å². The van der Waals surface area contributed by atoms with Crippen LogP contribution in [0, 0.1) is 0 Å². The molecule has 6 nitrogen and oxygen atoms in total. The van der Waals surface area contributed by atoms with Crippen molar-refractivity contribution in [3.63, 3.8) is 0 Å². The minimum atomic E-state index is -1.01. The largest absolute Gasteiger partial charge is 0.337 e. The Morgan fingerprint density at radius 3 is 2.79 bits per heavy atom. The number of carbonyl (C=O) groups excluding carboxylic acids is 3. The van der Waals surface area contributed by atoms with Gasteiger partial charge in [0.05, 0.1) is 6.04 Å². The van der Waals surface area contributed by atoms with Crippen LogP contribution in [0.3, 0.4) is 0 Å². The Balaban J connectivity index is 1.52. The first-order valence-electron chi connectivity index (χ1n) is 9.45. The van der Waals surface area contributed by atoms with Gasteiger partial charge >= 0.3 is 6.03 Å². The maximum atomic E-state index is 13.2. The van der Waals surface area contributed by atoms with E-state index in [1.807, 2.05) is 48.7 Å². The molecule has 0 unspecified atom stereocenters. The molecule has 1 aromatic carbocycles. The number of nitrogens with zero attached hydrogens (tertiary/aromatic N) is 2. The molecule has 4 amide bonds. The molecule has 2 heterocycles. The highest BCUT2D eigenvalue weighted by atomic mass is 32.1. The van der Waals surface area contributed by atoms with Crippen LogP contribution < -0.4 is 5.32 Å². The second-order valence-corrected chi connectivity index (χ2v) is 8.43. The zero-order chi connectivity index (χ0) is 19.9. The van der Waals surface area contributed by atoms with Crippen LogP contribution >= 0.6 is 11.3 Å². The van der Waals surface area contributed by atoms with Crippen molar-refractivity contribution in [1.29, 1.82) is 0 Å². The molecule has 2 aromatic rings. The van der Waals surface area contributed by atoms with Crippen molar-refractivity contribution in [1.82, 2.24) is 15.1 Å². The topological polar surface area (TPSA) is 69.7 Å². The van der Waals surface area contributed by atoms with Crippen molar-refractivity contribution in [2.24, 2.45) is 0 Å². The molecular formula is C21H23N3O3S. The number of hydrogen-bond acceptors (Lipinski definition) is 4. The van der Waals surface area contributed by atoms with Crippen molar-refractivity contribution in [2.45, 2.75) is 37.8 Å². The Bertz CT molecular complexity index is 926. The third-order valence-electron chi connectivity index (χ3n) is 5.89. The predicted molar refractivity (Wildman–Crippen MR) is 107 cm³/mol. The standard InChI is InChI=1S/C21H23N3O3S/c1-14(15-7-4-3-5-8-15)23(2)18(25)13-24-19(26)21(22-20(24)27)11-6-9-17-16(21)10-12-28-17/h3-5,7-8,10,12,14H,6,9,11,13H2,1-2H3,(H,22,27)/t14-,21-/m0/s1. The van der Waals surface area contributed by atoms with Gasteiger partial charge in [-0.2, -0.15) is 0 Å². The van der Waals surface area contributed by atoms with Crippen LogP contribution in [-0.4, -0.2) is 41.2 Å². The molecule has 0 radical (unpaired) electrons. The van der Waals surface area contributed by atoms with Crippen LogP contribution in [-0.2, 0) is 21.5 Å². The Kier molecular flexibility index (Phi) is 4.71. The van der Waals surface area contributed by atoms with Gasteiger partial charge in [-0.15, -0.1) is 11.3 Å². The van der Waals surface area contributed by atoms with Gasteiger partial charge in [0, 0.05) is 17.5 Å². The second-order valence-electron chi connectivity index (χ2n) is 7.43. The molecule has 1 N–H and O–H groups in total. The molecule has 1 aliphatic heterocycles. The normalized spacial score (nSPS) is 22.1. The lowest BCUT2D eigenvalue weighted by atomic mass is 9.80. The monoisotopic (exact) mass is 397 g/mol. The minimum absolute atomic E-state index is 0.151. The lowest BCUT2D eigenvalue weighted by Gasteiger charge is -2.31. The maximum absolute atomic E-state index is 13.2. The molecule has 4 rings (SSSR count). The number of nitrogens with one attached hydrogen (secondary N) is 1. The molecular weight excluding hydrogens is 374 g/mol. The van der Waals surface area contributed by atoms with E-state index >= 15 is 0 Å². The minimum Gasteiger partial charge on any atom is -0.337 e. The lowest BCUT2D eigenvalue weighted by molar-refractivity contribution is -0.139. The molecule has 0 bridgehead atoms. The smallest absolute Gasteiger partial charge is 0.325 e. The Morgan fingerprint density at radius 2 is 2.04 bits per heavy atom. The Morgan fingerprint density at radius 1 is 1.29 bits per heavy atom. The van der Waals surface area contributed by atoms with Crippen molar-refractivity contribution in [3.8, 4) is 0 Å². The first-order valence-corrected chi connectivity index (χ1v) is 10.3. The summed E-state index contributed by atoms with van der Waals surface area (Å²) in [5.41, 5.74) is 0.888. The number of benzene rings is 1. The highest BCUT2D eigenvalue weighted by Gasteiger charge is 2.54. The summed E-state index contributed by atoms with van der Waals surface area (Å²) in [6, 6.07) is 11.0. The molecule has 28 heavy (non-hydrogen) atoms. The zero-order valence-corrected chi connectivity index (χ0v) is 16.8. The van der Waals surface area contributed by atoms with Crippen LogP contribution in [0.2, 0.25) is 0 Å². The molecule has 1 fully saturated rings. The van der Waals surface area contributed by atoms with E-state index in [2.05, 4.69) is 5.32 Å². The van der Waals surface area contributed by atoms with E-state index in [9.17, 15) is 14.4 Å². The van der Waals surface area contributed by atoms with Gasteiger partial charge in [0.1, 0.15) is 12.1 Å². The highest BCUT2D eigenvalue weighted by molar-refractivity contribution is 7.10. The fraction of sp³-hybridized carbons (Fsp3) is 0.381. The van der Waals surface area contributed by atoms with E-state index < -0.39 is 11.6 Å². The van der Waals surface area contributed by atoms with Crippen LogP contribution in [0.5, 0.6) is 0 Å². The van der Waals surface area contributed by atoms with Gasteiger partial charge in [0.15, 0.2) is 0 Å². The summed E-state index contributed by atoms with van der Waals surface area (Å²) < 4.78 is 0. The quantitative estimate of drug-likeness (QED) is 0.806. The zero-order valence-electron chi connectivity index (χ0n) is 16.0. The number of amides is 4. The summed E-state index contributed by atoms with van der Waals surface area (Å²) in [5.74, 6) is -0.579. The Hall–Kier alpha value is -2.67. The van der Waals surface area contributed by atoms with Gasteiger partial charge in [0.25, 0.3) is 5.91 Å². The van der Waals surface area contributed by atoms with Crippen molar-refractivity contribution >= 4 is 29.2 Å². The summed E-state index contributed by atoms with van der Waals surface area (Å²) in [6.45, 7) is 1.68. The van der Waals surface area contributed by atoms with Crippen LogP contribution in [0.4, 0.5) is 4.79 Å². The van der Waals surface area contributed by atoms with E-state index in [-0.39, 0.29) is 24.4 Å². The van der Waals surface area contributed by atoms with Gasteiger partial charge in [0.2, 0.25) is 5.91 Å². The van der Waals surface area contributed by atoms with Gasteiger partial charge in [-0.3, -0.25) is 14.5 Å². The van der Waals surface area contributed by atoms with Gasteiger partial charge in [-0.05, 0) is 43.2 Å². The number of carbonyl (C=O) groups is 3. The first-order chi connectivity index (χ1) is 13.4. The van der Waals surface area contributed by atoms with Crippen LogP contribution in [0.1, 0.15) is 41.8 Å². The SMILES string of the molecule is C[C@@H](c1ccccc1)N(C)C(=O)CN1C(=O)N[C@]2(CCCc3sccc32)C1=O. The predicted octanol–water partition coefficient (Wildman–Crippen LogP) is 3.05. The molecule has 1 spiro atoms. The summed E-state index contributed by atoms with van der Waals surface area (Å²) in [5, 5.41) is 4.85. The van der Waals surface area contributed by atoms with Gasteiger partial charge in [-0.25, -0.2) is 4.79 Å². The van der Waals surface area contributed by atoms with E-state index in [4.69, 9.17) is 0 Å². The number of hydrogen-bond donors (Lipinski definition) is 1.